The topological polar surface area (TPSA) is 59.6 Å². The van der Waals surface area contributed by atoms with Gasteiger partial charge in [-0.05, 0) is 43.4 Å². The van der Waals surface area contributed by atoms with Gasteiger partial charge < -0.3 is 15.8 Å². The van der Waals surface area contributed by atoms with Gasteiger partial charge in [0, 0.05) is 24.6 Å². The first-order valence-corrected chi connectivity index (χ1v) is 7.54. The number of rotatable bonds is 8. The molecular formula is C14H22FN3OS. The van der Waals surface area contributed by atoms with Crippen molar-refractivity contribution in [3.8, 4) is 0 Å². The molecule has 1 atom stereocenters. The number of guanidine groups is 1. The molecule has 0 spiro atoms. The first-order valence-electron chi connectivity index (χ1n) is 6.55. The maximum Gasteiger partial charge on any atom is 0.188 e. The highest BCUT2D eigenvalue weighted by Crippen LogP contribution is 2.18. The summed E-state index contributed by atoms with van der Waals surface area (Å²) in [6, 6.07) is 6.66. The summed E-state index contributed by atoms with van der Waals surface area (Å²) in [6.07, 6.45) is 0.920. The van der Waals surface area contributed by atoms with E-state index in [1.165, 1.54) is 12.1 Å². The van der Waals surface area contributed by atoms with E-state index in [1.54, 1.807) is 31.0 Å². The molecule has 0 amide bonds. The SMILES string of the molecule is COCC(C)NC(N)=NCCCSc1ccc(F)cc1. The molecule has 3 N–H and O–H groups in total. The monoisotopic (exact) mass is 299 g/mol. The van der Waals surface area contributed by atoms with Gasteiger partial charge in [-0.25, -0.2) is 4.39 Å². The third kappa shape index (κ3) is 7.35. The molecule has 0 radical (unpaired) electrons. The third-order valence-electron chi connectivity index (χ3n) is 2.48. The van der Waals surface area contributed by atoms with Crippen molar-refractivity contribution in [2.75, 3.05) is 26.0 Å². The highest BCUT2D eigenvalue weighted by atomic mass is 32.2. The molecule has 0 saturated carbocycles. The fraction of sp³-hybridized carbons (Fsp3) is 0.500. The lowest BCUT2D eigenvalue weighted by Crippen LogP contribution is -2.40. The summed E-state index contributed by atoms with van der Waals surface area (Å²) in [5.74, 6) is 1.17. The van der Waals surface area contributed by atoms with Crippen molar-refractivity contribution in [2.45, 2.75) is 24.3 Å². The van der Waals surface area contributed by atoms with Crippen LogP contribution in [0.1, 0.15) is 13.3 Å². The van der Waals surface area contributed by atoms with E-state index in [1.807, 2.05) is 6.92 Å². The normalized spacial score (nSPS) is 13.2. The lowest BCUT2D eigenvalue weighted by molar-refractivity contribution is 0.179. The molecule has 0 aliphatic carbocycles. The van der Waals surface area contributed by atoms with E-state index in [2.05, 4.69) is 10.3 Å². The number of ether oxygens (including phenoxy) is 1. The van der Waals surface area contributed by atoms with Crippen molar-refractivity contribution in [1.82, 2.24) is 5.32 Å². The summed E-state index contributed by atoms with van der Waals surface area (Å²) in [7, 11) is 1.65. The van der Waals surface area contributed by atoms with Crippen LogP contribution in [-0.4, -0.2) is 38.0 Å². The minimum Gasteiger partial charge on any atom is -0.383 e. The Morgan fingerprint density at radius 1 is 1.45 bits per heavy atom. The average Bonchev–Trinajstić information content (AvgIpc) is 2.40. The van der Waals surface area contributed by atoms with Gasteiger partial charge in [0.1, 0.15) is 5.82 Å². The number of nitrogens with one attached hydrogen (secondary N) is 1. The maximum atomic E-state index is 12.7. The van der Waals surface area contributed by atoms with E-state index in [0.29, 0.717) is 19.1 Å². The molecule has 1 unspecified atom stereocenters. The van der Waals surface area contributed by atoms with Crippen molar-refractivity contribution in [2.24, 2.45) is 10.7 Å². The van der Waals surface area contributed by atoms with Crippen LogP contribution in [0.2, 0.25) is 0 Å². The van der Waals surface area contributed by atoms with Crippen LogP contribution in [0.5, 0.6) is 0 Å². The second kappa shape index (κ2) is 9.61. The van der Waals surface area contributed by atoms with Crippen LogP contribution >= 0.6 is 11.8 Å². The fourth-order valence-electron chi connectivity index (χ4n) is 1.57. The van der Waals surface area contributed by atoms with Gasteiger partial charge in [-0.15, -0.1) is 11.8 Å². The first kappa shape index (κ1) is 16.8. The van der Waals surface area contributed by atoms with Gasteiger partial charge in [-0.1, -0.05) is 0 Å². The number of methoxy groups -OCH3 is 1. The van der Waals surface area contributed by atoms with Gasteiger partial charge in [0.15, 0.2) is 5.96 Å². The molecule has 0 aromatic heterocycles. The van der Waals surface area contributed by atoms with Crippen LogP contribution in [-0.2, 0) is 4.74 Å². The number of nitrogens with two attached hydrogens (primary N) is 1. The van der Waals surface area contributed by atoms with Gasteiger partial charge in [0.05, 0.1) is 6.61 Å². The Kier molecular flexibility index (Phi) is 8.06. The molecule has 1 aromatic rings. The second-order valence-corrected chi connectivity index (χ2v) is 5.59. The minimum absolute atomic E-state index is 0.150. The molecule has 6 heteroatoms. The Bertz CT molecular complexity index is 411. The highest BCUT2D eigenvalue weighted by Gasteiger charge is 2.01. The lowest BCUT2D eigenvalue weighted by Gasteiger charge is -2.12. The van der Waals surface area contributed by atoms with Crippen molar-refractivity contribution in [3.05, 3.63) is 30.1 Å². The van der Waals surface area contributed by atoms with E-state index in [9.17, 15) is 4.39 Å². The molecule has 0 aliphatic heterocycles. The van der Waals surface area contributed by atoms with Gasteiger partial charge in [0.25, 0.3) is 0 Å². The molecule has 1 aromatic carbocycles. The zero-order valence-electron chi connectivity index (χ0n) is 11.9. The molecule has 0 bridgehead atoms. The van der Waals surface area contributed by atoms with Crippen molar-refractivity contribution in [3.63, 3.8) is 0 Å². The minimum atomic E-state index is -0.206. The van der Waals surface area contributed by atoms with E-state index in [-0.39, 0.29) is 11.9 Å². The number of benzene rings is 1. The van der Waals surface area contributed by atoms with Crippen LogP contribution in [0.25, 0.3) is 0 Å². The molecule has 0 heterocycles. The fourth-order valence-corrected chi connectivity index (χ4v) is 2.41. The Labute approximate surface area is 124 Å². The maximum absolute atomic E-state index is 12.7. The summed E-state index contributed by atoms with van der Waals surface area (Å²) < 4.78 is 17.7. The van der Waals surface area contributed by atoms with Crippen LogP contribution in [0.15, 0.2) is 34.2 Å². The predicted molar refractivity (Wildman–Crippen MR) is 82.7 cm³/mol. The molecule has 0 saturated heterocycles. The summed E-state index contributed by atoms with van der Waals surface area (Å²) in [6.45, 7) is 3.25. The Morgan fingerprint density at radius 2 is 2.15 bits per heavy atom. The van der Waals surface area contributed by atoms with Crippen molar-refractivity contribution < 1.29 is 9.13 Å². The quantitative estimate of drug-likeness (QED) is 0.334. The number of hydrogen-bond acceptors (Lipinski definition) is 3. The van der Waals surface area contributed by atoms with Crippen molar-refractivity contribution >= 4 is 17.7 Å². The van der Waals surface area contributed by atoms with Gasteiger partial charge in [0.2, 0.25) is 0 Å². The molecule has 1 rings (SSSR count). The summed E-state index contributed by atoms with van der Waals surface area (Å²) in [4.78, 5) is 5.31. The van der Waals surface area contributed by atoms with Gasteiger partial charge in [-0.3, -0.25) is 4.99 Å². The van der Waals surface area contributed by atoms with E-state index in [4.69, 9.17) is 10.5 Å². The number of halogens is 1. The number of hydrogen-bond donors (Lipinski definition) is 2. The van der Waals surface area contributed by atoms with Crippen LogP contribution in [0.3, 0.4) is 0 Å². The van der Waals surface area contributed by atoms with E-state index >= 15 is 0 Å². The predicted octanol–water partition coefficient (Wildman–Crippen LogP) is 2.25. The molecule has 112 valence electrons. The van der Waals surface area contributed by atoms with E-state index in [0.717, 1.165) is 17.1 Å². The lowest BCUT2D eigenvalue weighted by atomic mass is 10.4. The van der Waals surface area contributed by atoms with Crippen LogP contribution in [0.4, 0.5) is 4.39 Å². The molecule has 4 nitrogen and oxygen atoms in total. The molecule has 0 fully saturated rings. The smallest absolute Gasteiger partial charge is 0.188 e. The Hall–Kier alpha value is -1.27. The van der Waals surface area contributed by atoms with E-state index < -0.39 is 0 Å². The first-order chi connectivity index (χ1) is 9.61. The molecule has 20 heavy (non-hydrogen) atoms. The number of thioether (sulfide) groups is 1. The standard InChI is InChI=1S/C14H22FN3OS/c1-11(10-19-2)18-14(16)17-8-3-9-20-13-6-4-12(15)5-7-13/h4-7,11H,3,8-10H2,1-2H3,(H3,16,17,18). The average molecular weight is 299 g/mol. The summed E-state index contributed by atoms with van der Waals surface area (Å²) >= 11 is 1.69. The zero-order chi connectivity index (χ0) is 14.8. The number of aliphatic imine (C=N–C) groups is 1. The zero-order valence-corrected chi connectivity index (χ0v) is 12.8. The van der Waals surface area contributed by atoms with Crippen LogP contribution < -0.4 is 11.1 Å². The highest BCUT2D eigenvalue weighted by molar-refractivity contribution is 7.99. The number of nitrogens with zero attached hydrogens (tertiary/aromatic N) is 1. The third-order valence-corrected chi connectivity index (χ3v) is 3.58. The van der Waals surface area contributed by atoms with Crippen LogP contribution in [0, 0.1) is 5.82 Å². The Balaban J connectivity index is 2.16. The Morgan fingerprint density at radius 3 is 2.80 bits per heavy atom. The molecule has 0 aliphatic rings. The van der Waals surface area contributed by atoms with Crippen molar-refractivity contribution in [1.29, 1.82) is 0 Å². The summed E-state index contributed by atoms with van der Waals surface area (Å²) in [5, 5.41) is 3.05. The largest absolute Gasteiger partial charge is 0.383 e. The van der Waals surface area contributed by atoms with Gasteiger partial charge in [-0.2, -0.15) is 0 Å². The second-order valence-electron chi connectivity index (χ2n) is 4.42. The van der Waals surface area contributed by atoms with Gasteiger partial charge >= 0.3 is 0 Å². The molecular weight excluding hydrogens is 277 g/mol. The summed E-state index contributed by atoms with van der Waals surface area (Å²) in [5.41, 5.74) is 5.75.